The van der Waals surface area contributed by atoms with Crippen molar-refractivity contribution in [2.45, 2.75) is 26.0 Å². The molecule has 3 nitrogen and oxygen atoms in total. The fourth-order valence-electron chi connectivity index (χ4n) is 1.71. The number of nitrogens with zero attached hydrogens (tertiary/aromatic N) is 2. The van der Waals surface area contributed by atoms with E-state index in [1.807, 2.05) is 48.3 Å². The Kier molecular flexibility index (Phi) is 3.97. The molecule has 0 aliphatic rings. The van der Waals surface area contributed by atoms with Gasteiger partial charge in [0, 0.05) is 23.6 Å². The summed E-state index contributed by atoms with van der Waals surface area (Å²) in [4.78, 5) is 0. The SMILES string of the molecule is CCn1cc(CC(O)c2ccc(Br)cc2)cn1. The maximum absolute atomic E-state index is 10.1. The van der Waals surface area contributed by atoms with Crippen molar-refractivity contribution in [2.24, 2.45) is 0 Å². The lowest BCUT2D eigenvalue weighted by Gasteiger charge is -2.09. The first-order chi connectivity index (χ1) is 8.19. The average molecular weight is 295 g/mol. The van der Waals surface area contributed by atoms with E-state index in [9.17, 15) is 5.11 Å². The van der Waals surface area contributed by atoms with Gasteiger partial charge in [-0.3, -0.25) is 4.68 Å². The molecule has 2 rings (SSSR count). The molecule has 1 aromatic carbocycles. The van der Waals surface area contributed by atoms with Gasteiger partial charge >= 0.3 is 0 Å². The summed E-state index contributed by atoms with van der Waals surface area (Å²) in [5, 5.41) is 14.3. The third kappa shape index (κ3) is 3.17. The number of aryl methyl sites for hydroxylation is 1. The smallest absolute Gasteiger partial charge is 0.0831 e. The van der Waals surface area contributed by atoms with Crippen molar-refractivity contribution in [1.82, 2.24) is 9.78 Å². The summed E-state index contributed by atoms with van der Waals surface area (Å²) in [5.41, 5.74) is 1.99. The molecule has 4 heteroatoms. The Labute approximate surface area is 109 Å². The van der Waals surface area contributed by atoms with Crippen molar-refractivity contribution in [3.05, 3.63) is 52.3 Å². The van der Waals surface area contributed by atoms with E-state index in [0.717, 1.165) is 22.1 Å². The Morgan fingerprint density at radius 1 is 1.35 bits per heavy atom. The number of benzene rings is 1. The van der Waals surface area contributed by atoms with Crippen molar-refractivity contribution in [1.29, 1.82) is 0 Å². The van der Waals surface area contributed by atoms with E-state index < -0.39 is 6.10 Å². The molecule has 17 heavy (non-hydrogen) atoms. The van der Waals surface area contributed by atoms with Crippen LogP contribution in [0.3, 0.4) is 0 Å². The highest BCUT2D eigenvalue weighted by atomic mass is 79.9. The van der Waals surface area contributed by atoms with Gasteiger partial charge < -0.3 is 5.11 Å². The number of aromatic nitrogens is 2. The minimum Gasteiger partial charge on any atom is -0.388 e. The number of rotatable bonds is 4. The number of aliphatic hydroxyl groups is 1. The standard InChI is InChI=1S/C13H15BrN2O/c1-2-16-9-10(8-15-16)7-13(17)11-3-5-12(14)6-4-11/h3-6,8-9,13,17H,2,7H2,1H3. The molecule has 0 bridgehead atoms. The van der Waals surface area contributed by atoms with E-state index in [1.165, 1.54) is 0 Å². The molecule has 0 spiro atoms. The highest BCUT2D eigenvalue weighted by molar-refractivity contribution is 9.10. The molecule has 90 valence electrons. The van der Waals surface area contributed by atoms with Crippen LogP contribution < -0.4 is 0 Å². The molecule has 0 aliphatic heterocycles. The third-order valence-corrected chi connectivity index (χ3v) is 3.22. The Balaban J connectivity index is 2.05. The second kappa shape index (κ2) is 5.47. The molecular formula is C13H15BrN2O. The minimum atomic E-state index is -0.474. The Morgan fingerprint density at radius 3 is 2.65 bits per heavy atom. The number of aliphatic hydroxyl groups excluding tert-OH is 1. The quantitative estimate of drug-likeness (QED) is 0.941. The van der Waals surface area contributed by atoms with Crippen molar-refractivity contribution in [2.75, 3.05) is 0 Å². The van der Waals surface area contributed by atoms with Crippen LogP contribution in [0.2, 0.25) is 0 Å². The molecule has 1 heterocycles. The largest absolute Gasteiger partial charge is 0.388 e. The lowest BCUT2D eigenvalue weighted by atomic mass is 10.0. The Hall–Kier alpha value is -1.13. The topological polar surface area (TPSA) is 38.0 Å². The van der Waals surface area contributed by atoms with Crippen molar-refractivity contribution in [3.8, 4) is 0 Å². The van der Waals surface area contributed by atoms with Crippen LogP contribution in [0, 0.1) is 0 Å². The molecule has 2 aromatic rings. The number of hydrogen-bond acceptors (Lipinski definition) is 2. The molecular weight excluding hydrogens is 280 g/mol. The summed E-state index contributed by atoms with van der Waals surface area (Å²) < 4.78 is 2.89. The van der Waals surface area contributed by atoms with Crippen LogP contribution in [0.4, 0.5) is 0 Å². The van der Waals surface area contributed by atoms with Gasteiger partial charge in [0.1, 0.15) is 0 Å². The van der Waals surface area contributed by atoms with Crippen LogP contribution in [0.5, 0.6) is 0 Å². The second-order valence-electron chi connectivity index (χ2n) is 3.98. The molecule has 0 radical (unpaired) electrons. The van der Waals surface area contributed by atoms with Crippen LogP contribution in [0.25, 0.3) is 0 Å². The van der Waals surface area contributed by atoms with Gasteiger partial charge in [-0.25, -0.2) is 0 Å². The molecule has 0 aliphatic carbocycles. The van der Waals surface area contributed by atoms with Crippen molar-refractivity contribution < 1.29 is 5.11 Å². The normalized spacial score (nSPS) is 12.6. The van der Waals surface area contributed by atoms with Crippen LogP contribution in [-0.4, -0.2) is 14.9 Å². The van der Waals surface area contributed by atoms with Crippen LogP contribution in [0.1, 0.15) is 24.2 Å². The highest BCUT2D eigenvalue weighted by Gasteiger charge is 2.09. The van der Waals surface area contributed by atoms with Gasteiger partial charge in [0.25, 0.3) is 0 Å². The van der Waals surface area contributed by atoms with Gasteiger partial charge in [0.2, 0.25) is 0 Å². The van der Waals surface area contributed by atoms with E-state index in [1.54, 1.807) is 0 Å². The first kappa shape index (κ1) is 12.3. The maximum Gasteiger partial charge on any atom is 0.0831 e. The van der Waals surface area contributed by atoms with Crippen LogP contribution in [-0.2, 0) is 13.0 Å². The summed E-state index contributed by atoms with van der Waals surface area (Å²) >= 11 is 3.38. The molecule has 0 saturated heterocycles. The van der Waals surface area contributed by atoms with Gasteiger partial charge in [-0.15, -0.1) is 0 Å². The molecule has 0 saturated carbocycles. The van der Waals surface area contributed by atoms with Crippen molar-refractivity contribution >= 4 is 15.9 Å². The van der Waals surface area contributed by atoms with E-state index in [4.69, 9.17) is 0 Å². The lowest BCUT2D eigenvalue weighted by Crippen LogP contribution is -2.01. The molecule has 0 amide bonds. The summed E-state index contributed by atoms with van der Waals surface area (Å²) in [6, 6.07) is 7.74. The molecule has 1 atom stereocenters. The minimum absolute atomic E-state index is 0.474. The van der Waals surface area contributed by atoms with E-state index in [2.05, 4.69) is 21.0 Å². The van der Waals surface area contributed by atoms with Gasteiger partial charge in [-0.2, -0.15) is 5.10 Å². The molecule has 1 N–H and O–H groups in total. The zero-order valence-electron chi connectivity index (χ0n) is 9.68. The first-order valence-corrected chi connectivity index (χ1v) is 6.43. The summed E-state index contributed by atoms with van der Waals surface area (Å²) in [7, 11) is 0. The van der Waals surface area contributed by atoms with E-state index >= 15 is 0 Å². The number of hydrogen-bond donors (Lipinski definition) is 1. The van der Waals surface area contributed by atoms with Gasteiger partial charge in [-0.05, 0) is 30.2 Å². The molecule has 1 unspecified atom stereocenters. The molecule has 0 fully saturated rings. The second-order valence-corrected chi connectivity index (χ2v) is 4.89. The summed E-state index contributed by atoms with van der Waals surface area (Å²) in [5.74, 6) is 0. The lowest BCUT2D eigenvalue weighted by molar-refractivity contribution is 0.178. The van der Waals surface area contributed by atoms with Crippen molar-refractivity contribution in [3.63, 3.8) is 0 Å². The first-order valence-electron chi connectivity index (χ1n) is 5.64. The van der Waals surface area contributed by atoms with Gasteiger partial charge in [0.15, 0.2) is 0 Å². The van der Waals surface area contributed by atoms with E-state index in [-0.39, 0.29) is 0 Å². The zero-order valence-corrected chi connectivity index (χ0v) is 11.3. The van der Waals surface area contributed by atoms with E-state index in [0.29, 0.717) is 6.42 Å². The Bertz CT molecular complexity index is 478. The summed E-state index contributed by atoms with van der Waals surface area (Å²) in [6.07, 6.45) is 3.91. The molecule has 1 aromatic heterocycles. The predicted octanol–water partition coefficient (Wildman–Crippen LogP) is 2.94. The van der Waals surface area contributed by atoms with Crippen LogP contribution >= 0.6 is 15.9 Å². The average Bonchev–Trinajstić information content (AvgIpc) is 2.77. The summed E-state index contributed by atoms with van der Waals surface area (Å²) in [6.45, 7) is 2.90. The fraction of sp³-hybridized carbons (Fsp3) is 0.308. The fourth-order valence-corrected chi connectivity index (χ4v) is 1.98. The monoisotopic (exact) mass is 294 g/mol. The van der Waals surface area contributed by atoms with Gasteiger partial charge in [-0.1, -0.05) is 28.1 Å². The maximum atomic E-state index is 10.1. The van der Waals surface area contributed by atoms with Gasteiger partial charge in [0.05, 0.1) is 12.3 Å². The third-order valence-electron chi connectivity index (χ3n) is 2.69. The highest BCUT2D eigenvalue weighted by Crippen LogP contribution is 2.20. The number of halogens is 1. The predicted molar refractivity (Wildman–Crippen MR) is 70.7 cm³/mol. The van der Waals surface area contributed by atoms with Crippen LogP contribution in [0.15, 0.2) is 41.1 Å². The zero-order chi connectivity index (χ0) is 12.3. The Morgan fingerprint density at radius 2 is 2.06 bits per heavy atom.